The first-order chi connectivity index (χ1) is 13.7. The number of anilines is 1. The van der Waals surface area contributed by atoms with Gasteiger partial charge in [0.15, 0.2) is 12.9 Å². The average Bonchev–Trinajstić information content (AvgIpc) is 2.74. The Bertz CT molecular complexity index is 960. The van der Waals surface area contributed by atoms with Crippen LogP contribution < -0.4 is 14.8 Å². The van der Waals surface area contributed by atoms with Gasteiger partial charge in [-0.3, -0.25) is 9.59 Å². The monoisotopic (exact) mass is 393 g/mol. The van der Waals surface area contributed by atoms with Gasteiger partial charge in [-0.2, -0.15) is 0 Å². The van der Waals surface area contributed by atoms with Crippen molar-refractivity contribution in [2.75, 3.05) is 19.0 Å². The number of ether oxygens (including phenoxy) is 2. The molecule has 1 N–H and O–H groups in total. The van der Waals surface area contributed by atoms with E-state index in [0.29, 0.717) is 29.0 Å². The molecule has 28 heavy (non-hydrogen) atoms. The van der Waals surface area contributed by atoms with Crippen molar-refractivity contribution in [2.45, 2.75) is 9.79 Å². The first-order valence-electron chi connectivity index (χ1n) is 8.57. The molecule has 142 valence electrons. The van der Waals surface area contributed by atoms with Crippen molar-refractivity contribution in [3.63, 3.8) is 0 Å². The molecule has 0 aliphatic carbocycles. The van der Waals surface area contributed by atoms with Crippen LogP contribution in [-0.4, -0.2) is 25.9 Å². The Morgan fingerprint density at radius 1 is 1.04 bits per heavy atom. The summed E-state index contributed by atoms with van der Waals surface area (Å²) in [6, 6.07) is 22.3. The molecule has 0 spiro atoms. The molecule has 6 heteroatoms. The third-order valence-corrected chi connectivity index (χ3v) is 4.92. The normalized spacial score (nSPS) is 10.2. The summed E-state index contributed by atoms with van der Waals surface area (Å²) < 4.78 is 10.6. The second kappa shape index (κ2) is 9.62. The Kier molecular flexibility index (Phi) is 6.70. The zero-order valence-electron chi connectivity index (χ0n) is 15.3. The summed E-state index contributed by atoms with van der Waals surface area (Å²) in [5.41, 5.74) is 1.03. The second-order valence-electron chi connectivity index (χ2n) is 5.77. The van der Waals surface area contributed by atoms with E-state index >= 15 is 0 Å². The largest absolute Gasteiger partial charge is 0.497 e. The predicted molar refractivity (Wildman–Crippen MR) is 110 cm³/mol. The maximum atomic E-state index is 12.4. The van der Waals surface area contributed by atoms with E-state index in [2.05, 4.69) is 5.32 Å². The van der Waals surface area contributed by atoms with Crippen LogP contribution in [0.4, 0.5) is 5.69 Å². The lowest BCUT2D eigenvalue weighted by atomic mass is 10.2. The quantitative estimate of drug-likeness (QED) is 0.563. The van der Waals surface area contributed by atoms with Crippen LogP contribution in [0.5, 0.6) is 11.5 Å². The molecular weight excluding hydrogens is 374 g/mol. The topological polar surface area (TPSA) is 64.6 Å². The molecule has 0 saturated heterocycles. The molecule has 0 aliphatic rings. The van der Waals surface area contributed by atoms with Crippen molar-refractivity contribution in [3.05, 3.63) is 78.4 Å². The van der Waals surface area contributed by atoms with Crippen LogP contribution in [0.3, 0.4) is 0 Å². The summed E-state index contributed by atoms with van der Waals surface area (Å²) >= 11 is 1.57. The highest BCUT2D eigenvalue weighted by molar-refractivity contribution is 7.99. The second-order valence-corrected chi connectivity index (χ2v) is 6.89. The summed E-state index contributed by atoms with van der Waals surface area (Å²) in [6.45, 7) is -0.211. The van der Waals surface area contributed by atoms with Crippen molar-refractivity contribution >= 4 is 29.6 Å². The Hall–Kier alpha value is -3.25. The van der Waals surface area contributed by atoms with Crippen LogP contribution in [0.25, 0.3) is 0 Å². The number of hydrogen-bond acceptors (Lipinski definition) is 5. The standard InChI is InChI=1S/C22H19NO4S/c1-26-17-11-12-20(16(13-17)14-24)27-15-22(25)23-19-9-5-6-10-21(19)28-18-7-3-2-4-8-18/h2-14H,15H2,1H3,(H,23,25). The summed E-state index contributed by atoms with van der Waals surface area (Å²) in [6.07, 6.45) is 0.668. The fraction of sp³-hybridized carbons (Fsp3) is 0.0909. The predicted octanol–water partition coefficient (Wildman–Crippen LogP) is 4.68. The number of hydrogen-bond donors (Lipinski definition) is 1. The van der Waals surface area contributed by atoms with Gasteiger partial charge in [-0.15, -0.1) is 0 Å². The maximum absolute atomic E-state index is 12.4. The van der Waals surface area contributed by atoms with Gasteiger partial charge in [-0.25, -0.2) is 0 Å². The van der Waals surface area contributed by atoms with Crippen LogP contribution >= 0.6 is 11.8 Å². The Labute approximate surface area is 167 Å². The van der Waals surface area contributed by atoms with Gasteiger partial charge >= 0.3 is 0 Å². The molecule has 0 aromatic heterocycles. The average molecular weight is 393 g/mol. The van der Waals surface area contributed by atoms with Crippen LogP contribution in [0.2, 0.25) is 0 Å². The lowest BCUT2D eigenvalue weighted by Gasteiger charge is -2.12. The zero-order chi connectivity index (χ0) is 19.8. The maximum Gasteiger partial charge on any atom is 0.262 e. The molecule has 0 bridgehead atoms. The molecule has 0 aliphatic heterocycles. The van der Waals surface area contributed by atoms with Gasteiger partial charge < -0.3 is 14.8 Å². The highest BCUT2D eigenvalue weighted by atomic mass is 32.2. The minimum atomic E-state index is -0.311. The van der Waals surface area contributed by atoms with Crippen molar-refractivity contribution in [2.24, 2.45) is 0 Å². The summed E-state index contributed by atoms with van der Waals surface area (Å²) in [5.74, 6) is 0.567. The number of carbonyl (C=O) groups excluding carboxylic acids is 2. The van der Waals surface area contributed by atoms with Gasteiger partial charge in [0.2, 0.25) is 0 Å². The number of aldehydes is 1. The number of methoxy groups -OCH3 is 1. The smallest absolute Gasteiger partial charge is 0.262 e. The number of nitrogens with one attached hydrogen (secondary N) is 1. The van der Waals surface area contributed by atoms with E-state index in [1.54, 1.807) is 30.0 Å². The van der Waals surface area contributed by atoms with Crippen LogP contribution in [0.1, 0.15) is 10.4 Å². The molecule has 0 atom stereocenters. The minimum absolute atomic E-state index is 0.211. The van der Waals surface area contributed by atoms with E-state index in [4.69, 9.17) is 9.47 Å². The molecule has 5 nitrogen and oxygen atoms in total. The van der Waals surface area contributed by atoms with Gasteiger partial charge in [0.25, 0.3) is 5.91 Å². The minimum Gasteiger partial charge on any atom is -0.497 e. The van der Waals surface area contributed by atoms with Crippen molar-refractivity contribution in [3.8, 4) is 11.5 Å². The van der Waals surface area contributed by atoms with E-state index in [1.165, 1.54) is 7.11 Å². The summed E-state index contributed by atoms with van der Waals surface area (Å²) in [5, 5.41) is 2.86. The van der Waals surface area contributed by atoms with E-state index in [-0.39, 0.29) is 12.5 Å². The van der Waals surface area contributed by atoms with E-state index in [9.17, 15) is 9.59 Å². The first kappa shape index (κ1) is 19.5. The lowest BCUT2D eigenvalue weighted by Crippen LogP contribution is -2.20. The summed E-state index contributed by atoms with van der Waals surface area (Å²) in [4.78, 5) is 25.6. The molecule has 1 amide bonds. The van der Waals surface area contributed by atoms with Gasteiger partial charge in [0, 0.05) is 9.79 Å². The molecule has 0 fully saturated rings. The third-order valence-electron chi connectivity index (χ3n) is 3.83. The molecule has 0 radical (unpaired) electrons. The zero-order valence-corrected chi connectivity index (χ0v) is 16.1. The number of rotatable bonds is 8. The number of benzene rings is 3. The fourth-order valence-corrected chi connectivity index (χ4v) is 3.40. The SMILES string of the molecule is COc1ccc(OCC(=O)Nc2ccccc2Sc2ccccc2)c(C=O)c1. The van der Waals surface area contributed by atoms with Crippen molar-refractivity contribution in [1.82, 2.24) is 0 Å². The summed E-state index contributed by atoms with van der Waals surface area (Å²) in [7, 11) is 1.52. The molecule has 0 heterocycles. The Balaban J connectivity index is 1.65. The highest BCUT2D eigenvalue weighted by Crippen LogP contribution is 2.33. The first-order valence-corrected chi connectivity index (χ1v) is 9.39. The Morgan fingerprint density at radius 3 is 2.54 bits per heavy atom. The van der Waals surface area contributed by atoms with Gasteiger partial charge in [-0.05, 0) is 42.5 Å². The van der Waals surface area contributed by atoms with Gasteiger partial charge in [0.1, 0.15) is 11.5 Å². The van der Waals surface area contributed by atoms with E-state index < -0.39 is 0 Å². The van der Waals surface area contributed by atoms with Crippen LogP contribution in [-0.2, 0) is 4.79 Å². The van der Waals surface area contributed by atoms with Crippen LogP contribution in [0, 0.1) is 0 Å². The Morgan fingerprint density at radius 2 is 1.79 bits per heavy atom. The van der Waals surface area contributed by atoms with Crippen molar-refractivity contribution in [1.29, 1.82) is 0 Å². The molecule has 3 aromatic carbocycles. The van der Waals surface area contributed by atoms with E-state index in [0.717, 1.165) is 9.79 Å². The number of para-hydroxylation sites is 1. The molecule has 3 rings (SSSR count). The fourth-order valence-electron chi connectivity index (χ4n) is 2.48. The van der Waals surface area contributed by atoms with Gasteiger partial charge in [0.05, 0.1) is 18.4 Å². The lowest BCUT2D eigenvalue weighted by molar-refractivity contribution is -0.118. The highest BCUT2D eigenvalue weighted by Gasteiger charge is 2.11. The van der Waals surface area contributed by atoms with Crippen molar-refractivity contribution < 1.29 is 19.1 Å². The molecular formula is C22H19NO4S. The molecule has 0 saturated carbocycles. The molecule has 3 aromatic rings. The van der Waals surface area contributed by atoms with Crippen LogP contribution in [0.15, 0.2) is 82.6 Å². The van der Waals surface area contributed by atoms with Gasteiger partial charge in [-0.1, -0.05) is 42.1 Å². The molecule has 0 unspecified atom stereocenters. The van der Waals surface area contributed by atoms with E-state index in [1.807, 2.05) is 54.6 Å². The third kappa shape index (κ3) is 5.14. The number of carbonyl (C=O) groups is 2. The number of amides is 1.